The van der Waals surface area contributed by atoms with Gasteiger partial charge in [0.05, 0.1) is 5.56 Å². The molecule has 3 nitrogen and oxygen atoms in total. The SMILES string of the molecule is Cl.FC(F)(F)c1cnc(OC2CCCNC2)c(Cl)c1. The Morgan fingerprint density at radius 3 is 2.68 bits per heavy atom. The van der Waals surface area contributed by atoms with Crippen LogP contribution in [0.1, 0.15) is 18.4 Å². The minimum absolute atomic E-state index is 0. The number of aromatic nitrogens is 1. The number of halogens is 5. The summed E-state index contributed by atoms with van der Waals surface area (Å²) in [5.41, 5.74) is -0.874. The summed E-state index contributed by atoms with van der Waals surface area (Å²) in [6, 6.07) is 0.833. The third-order valence-corrected chi connectivity index (χ3v) is 2.94. The molecule has 2 heterocycles. The Labute approximate surface area is 119 Å². The Kier molecular flexibility index (Phi) is 5.70. The van der Waals surface area contributed by atoms with Gasteiger partial charge in [0, 0.05) is 12.7 Å². The van der Waals surface area contributed by atoms with Gasteiger partial charge in [-0.1, -0.05) is 11.6 Å². The predicted molar refractivity (Wildman–Crippen MR) is 68.0 cm³/mol. The van der Waals surface area contributed by atoms with Crippen molar-refractivity contribution in [1.29, 1.82) is 0 Å². The minimum Gasteiger partial charge on any atom is -0.472 e. The molecule has 19 heavy (non-hydrogen) atoms. The Morgan fingerprint density at radius 1 is 1.42 bits per heavy atom. The molecule has 1 N–H and O–H groups in total. The molecule has 0 spiro atoms. The van der Waals surface area contributed by atoms with E-state index in [1.807, 2.05) is 0 Å². The number of hydrogen-bond donors (Lipinski definition) is 1. The Bertz CT molecular complexity index is 423. The maximum Gasteiger partial charge on any atom is 0.417 e. The molecule has 1 fully saturated rings. The number of pyridine rings is 1. The fraction of sp³-hybridized carbons (Fsp3) is 0.545. The zero-order valence-corrected chi connectivity index (χ0v) is 11.4. The van der Waals surface area contributed by atoms with Gasteiger partial charge in [-0.2, -0.15) is 13.2 Å². The van der Waals surface area contributed by atoms with Crippen molar-refractivity contribution in [2.24, 2.45) is 0 Å². The number of piperidine rings is 1. The highest BCUT2D eigenvalue weighted by Crippen LogP contribution is 2.33. The fourth-order valence-electron chi connectivity index (χ4n) is 1.75. The fourth-order valence-corrected chi connectivity index (χ4v) is 1.96. The van der Waals surface area contributed by atoms with E-state index in [-0.39, 0.29) is 29.4 Å². The number of nitrogens with zero attached hydrogens (tertiary/aromatic N) is 1. The van der Waals surface area contributed by atoms with E-state index < -0.39 is 11.7 Å². The maximum absolute atomic E-state index is 12.4. The molecule has 0 bridgehead atoms. The lowest BCUT2D eigenvalue weighted by Crippen LogP contribution is -2.37. The molecular weight excluding hydrogens is 304 g/mol. The number of ether oxygens (including phenoxy) is 1. The highest BCUT2D eigenvalue weighted by atomic mass is 35.5. The summed E-state index contributed by atoms with van der Waals surface area (Å²) in [4.78, 5) is 3.64. The maximum atomic E-state index is 12.4. The molecule has 8 heteroatoms. The standard InChI is InChI=1S/C11H12ClF3N2O.ClH/c12-9-4-7(11(13,14)15)5-17-10(9)18-8-2-1-3-16-6-8;/h4-5,8,16H,1-3,6H2;1H. The summed E-state index contributed by atoms with van der Waals surface area (Å²) in [5.74, 6) is 0.0540. The van der Waals surface area contributed by atoms with Gasteiger partial charge in [-0.25, -0.2) is 4.98 Å². The molecule has 1 unspecified atom stereocenters. The van der Waals surface area contributed by atoms with Crippen LogP contribution in [0.4, 0.5) is 13.2 Å². The molecule has 0 amide bonds. The molecule has 0 aromatic carbocycles. The highest BCUT2D eigenvalue weighted by Gasteiger charge is 2.32. The average molecular weight is 317 g/mol. The van der Waals surface area contributed by atoms with Crippen LogP contribution in [0, 0.1) is 0 Å². The van der Waals surface area contributed by atoms with Gasteiger partial charge >= 0.3 is 6.18 Å². The van der Waals surface area contributed by atoms with Gasteiger partial charge in [0.15, 0.2) is 0 Å². The first-order valence-corrected chi connectivity index (χ1v) is 5.95. The first kappa shape index (κ1) is 16.3. The van der Waals surface area contributed by atoms with Gasteiger partial charge in [-0.3, -0.25) is 0 Å². The van der Waals surface area contributed by atoms with Crippen molar-refractivity contribution in [2.75, 3.05) is 13.1 Å². The van der Waals surface area contributed by atoms with Gasteiger partial charge in [-0.05, 0) is 25.5 Å². The van der Waals surface area contributed by atoms with Crippen molar-refractivity contribution < 1.29 is 17.9 Å². The second kappa shape index (κ2) is 6.63. The molecule has 1 aromatic rings. The number of rotatable bonds is 2. The normalized spacial score (nSPS) is 19.7. The van der Waals surface area contributed by atoms with Gasteiger partial charge in [-0.15, -0.1) is 12.4 Å². The zero-order valence-electron chi connectivity index (χ0n) is 9.84. The van der Waals surface area contributed by atoms with E-state index in [9.17, 15) is 13.2 Å². The lowest BCUT2D eigenvalue weighted by atomic mass is 10.1. The third-order valence-electron chi connectivity index (χ3n) is 2.66. The molecule has 108 valence electrons. The molecule has 1 atom stereocenters. The van der Waals surface area contributed by atoms with Crippen molar-refractivity contribution in [3.8, 4) is 5.88 Å². The second-order valence-electron chi connectivity index (χ2n) is 4.09. The lowest BCUT2D eigenvalue weighted by Gasteiger charge is -2.23. The van der Waals surface area contributed by atoms with E-state index >= 15 is 0 Å². The molecule has 0 radical (unpaired) electrons. The number of alkyl halides is 3. The smallest absolute Gasteiger partial charge is 0.417 e. The van der Waals surface area contributed by atoms with Crippen molar-refractivity contribution in [3.05, 3.63) is 22.8 Å². The predicted octanol–water partition coefficient (Wildman–Crippen LogP) is 3.31. The van der Waals surface area contributed by atoms with Crippen LogP contribution < -0.4 is 10.1 Å². The summed E-state index contributed by atoms with van der Waals surface area (Å²) in [6.07, 6.45) is -2.01. The van der Waals surface area contributed by atoms with Gasteiger partial charge in [0.2, 0.25) is 5.88 Å². The summed E-state index contributed by atoms with van der Waals surface area (Å²) in [6.45, 7) is 1.58. The van der Waals surface area contributed by atoms with Crippen molar-refractivity contribution in [2.45, 2.75) is 25.1 Å². The molecule has 1 aliphatic heterocycles. The molecule has 1 aliphatic rings. The van der Waals surface area contributed by atoms with Crippen LogP contribution in [0.15, 0.2) is 12.3 Å². The van der Waals surface area contributed by atoms with Crippen LogP contribution in [-0.2, 0) is 6.18 Å². The Hall–Kier alpha value is -0.720. The first-order valence-electron chi connectivity index (χ1n) is 5.57. The lowest BCUT2D eigenvalue weighted by molar-refractivity contribution is -0.137. The zero-order chi connectivity index (χ0) is 13.2. The van der Waals surface area contributed by atoms with Crippen LogP contribution in [0.2, 0.25) is 5.02 Å². The molecule has 1 aromatic heterocycles. The summed E-state index contributed by atoms with van der Waals surface area (Å²) < 4.78 is 42.7. The number of hydrogen-bond acceptors (Lipinski definition) is 3. The van der Waals surface area contributed by atoms with Crippen LogP contribution in [0.25, 0.3) is 0 Å². The molecular formula is C11H13Cl2F3N2O. The highest BCUT2D eigenvalue weighted by molar-refractivity contribution is 6.31. The van der Waals surface area contributed by atoms with E-state index in [1.165, 1.54) is 0 Å². The van der Waals surface area contributed by atoms with Gasteiger partial charge < -0.3 is 10.1 Å². The van der Waals surface area contributed by atoms with Crippen LogP contribution in [0.3, 0.4) is 0 Å². The largest absolute Gasteiger partial charge is 0.472 e. The average Bonchev–Trinajstić information content (AvgIpc) is 2.32. The van der Waals surface area contributed by atoms with Crippen molar-refractivity contribution in [1.82, 2.24) is 10.3 Å². The summed E-state index contributed by atoms with van der Waals surface area (Å²) in [5, 5.41) is 3.02. The van der Waals surface area contributed by atoms with Crippen LogP contribution >= 0.6 is 24.0 Å². The topological polar surface area (TPSA) is 34.1 Å². The van der Waals surface area contributed by atoms with Crippen molar-refractivity contribution >= 4 is 24.0 Å². The van der Waals surface area contributed by atoms with Crippen LogP contribution in [-0.4, -0.2) is 24.2 Å². The second-order valence-corrected chi connectivity index (χ2v) is 4.50. The Balaban J connectivity index is 0.00000180. The van der Waals surface area contributed by atoms with E-state index in [1.54, 1.807) is 0 Å². The monoisotopic (exact) mass is 316 g/mol. The first-order chi connectivity index (χ1) is 8.47. The Morgan fingerprint density at radius 2 is 2.16 bits per heavy atom. The van der Waals surface area contributed by atoms with E-state index in [2.05, 4.69) is 10.3 Å². The van der Waals surface area contributed by atoms with Gasteiger partial charge in [0.1, 0.15) is 11.1 Å². The number of nitrogens with one attached hydrogen (secondary N) is 1. The quantitative estimate of drug-likeness (QED) is 0.909. The van der Waals surface area contributed by atoms with E-state index in [0.717, 1.165) is 31.6 Å². The summed E-state index contributed by atoms with van der Waals surface area (Å²) in [7, 11) is 0. The molecule has 0 aliphatic carbocycles. The van der Waals surface area contributed by atoms with Gasteiger partial charge in [0.25, 0.3) is 0 Å². The van der Waals surface area contributed by atoms with E-state index in [4.69, 9.17) is 16.3 Å². The molecule has 1 saturated heterocycles. The minimum atomic E-state index is -4.44. The van der Waals surface area contributed by atoms with E-state index in [0.29, 0.717) is 6.54 Å². The molecule has 0 saturated carbocycles. The summed E-state index contributed by atoms with van der Waals surface area (Å²) >= 11 is 5.75. The van der Waals surface area contributed by atoms with Crippen LogP contribution in [0.5, 0.6) is 5.88 Å². The van der Waals surface area contributed by atoms with Crippen molar-refractivity contribution in [3.63, 3.8) is 0 Å². The third kappa shape index (κ3) is 4.40. The molecule has 2 rings (SSSR count).